The van der Waals surface area contributed by atoms with E-state index in [1.807, 2.05) is 27.7 Å². The minimum absolute atomic E-state index is 0.120. The molecule has 0 aliphatic carbocycles. The molecule has 0 heterocycles. The van der Waals surface area contributed by atoms with Crippen LogP contribution < -0.4 is 5.32 Å². The zero-order valence-corrected chi connectivity index (χ0v) is 24.4. The Hall–Kier alpha value is -3.49. The number of benzene rings is 3. The molecule has 0 saturated heterocycles. The first kappa shape index (κ1) is 33.0. The zero-order chi connectivity index (χ0) is 31.2. The second-order valence-electron chi connectivity index (χ2n) is 11.3. The fraction of sp³-hybridized carbons (Fsp3) is 0.424. The van der Waals surface area contributed by atoms with Gasteiger partial charge in [-0.25, -0.2) is 13.2 Å². The number of hydrogen-bond donors (Lipinski definition) is 1. The highest BCUT2D eigenvalue weighted by atomic mass is 19.4. The fourth-order valence-corrected chi connectivity index (χ4v) is 4.84. The number of nitrogens with one attached hydrogen (secondary N) is 1. The molecule has 0 saturated carbocycles. The predicted octanol–water partition coefficient (Wildman–Crippen LogP) is 10.1. The number of carbonyl (C=O) groups excluding carboxylic acids is 1. The molecule has 1 N–H and O–H groups in total. The van der Waals surface area contributed by atoms with E-state index >= 15 is 0 Å². The Labute approximate surface area is 243 Å². The van der Waals surface area contributed by atoms with Gasteiger partial charge in [-0.3, -0.25) is 4.79 Å². The van der Waals surface area contributed by atoms with E-state index in [4.69, 9.17) is 4.74 Å². The third kappa shape index (κ3) is 8.76. The molecule has 0 amide bonds. The van der Waals surface area contributed by atoms with Crippen LogP contribution in [0.25, 0.3) is 11.1 Å². The van der Waals surface area contributed by atoms with Crippen LogP contribution in [-0.2, 0) is 15.7 Å². The van der Waals surface area contributed by atoms with Gasteiger partial charge in [0.15, 0.2) is 17.5 Å². The van der Waals surface area contributed by atoms with Crippen LogP contribution in [-0.4, -0.2) is 12.6 Å². The van der Waals surface area contributed by atoms with Crippen molar-refractivity contribution < 1.29 is 35.9 Å². The number of rotatable bonds is 12. The van der Waals surface area contributed by atoms with E-state index in [0.29, 0.717) is 41.6 Å². The van der Waals surface area contributed by atoms with Crippen LogP contribution in [0.5, 0.6) is 0 Å². The second-order valence-corrected chi connectivity index (χ2v) is 11.3. The van der Waals surface area contributed by atoms with Crippen molar-refractivity contribution in [2.45, 2.75) is 72.0 Å². The van der Waals surface area contributed by atoms with Crippen LogP contribution >= 0.6 is 0 Å². The van der Waals surface area contributed by atoms with Crippen molar-refractivity contribution in [3.8, 4) is 11.1 Å². The Morgan fingerprint density at radius 2 is 1.43 bits per heavy atom. The summed E-state index contributed by atoms with van der Waals surface area (Å²) in [5, 5.41) is 3.30. The van der Waals surface area contributed by atoms with E-state index in [1.165, 1.54) is 12.1 Å². The van der Waals surface area contributed by atoms with Crippen molar-refractivity contribution in [1.82, 2.24) is 0 Å². The predicted molar refractivity (Wildman–Crippen MR) is 152 cm³/mol. The monoisotopic (exact) mass is 593 g/mol. The van der Waals surface area contributed by atoms with Gasteiger partial charge in [-0.15, -0.1) is 0 Å². The van der Waals surface area contributed by atoms with Gasteiger partial charge in [-0.2, -0.15) is 13.2 Å². The molecule has 0 aliphatic rings. The summed E-state index contributed by atoms with van der Waals surface area (Å²) in [6.45, 7) is 9.81. The lowest BCUT2D eigenvalue weighted by molar-refractivity contribution is -0.145. The summed E-state index contributed by atoms with van der Waals surface area (Å²) in [4.78, 5) is 13.0. The Kier molecular flexibility index (Phi) is 11.1. The van der Waals surface area contributed by atoms with Crippen LogP contribution in [0.15, 0.2) is 54.6 Å². The van der Waals surface area contributed by atoms with Crippen LogP contribution in [0.2, 0.25) is 0 Å². The third-order valence-electron chi connectivity index (χ3n) is 6.96. The van der Waals surface area contributed by atoms with Crippen molar-refractivity contribution in [2.75, 3.05) is 11.9 Å². The van der Waals surface area contributed by atoms with Crippen molar-refractivity contribution in [1.29, 1.82) is 0 Å². The van der Waals surface area contributed by atoms with Gasteiger partial charge in [0.1, 0.15) is 0 Å². The Morgan fingerprint density at radius 1 is 0.810 bits per heavy atom. The van der Waals surface area contributed by atoms with Crippen LogP contribution in [0, 0.1) is 29.3 Å². The number of ether oxygens (including phenoxy) is 1. The maximum absolute atomic E-state index is 14.2. The van der Waals surface area contributed by atoms with Crippen LogP contribution in [0.3, 0.4) is 0 Å². The number of halogens is 6. The minimum Gasteiger partial charge on any atom is -0.466 e. The van der Waals surface area contributed by atoms with Gasteiger partial charge < -0.3 is 10.1 Å². The SMILES string of the molecule is CCOC(=O)C(CC(C)C)c1cc(NC(CCC(C)C)c2cc(F)c(F)c(F)c2)cc(-c2ccc(C(F)(F)F)cc2)c1. The number of alkyl halides is 3. The molecule has 0 fully saturated rings. The molecule has 0 spiro atoms. The molecule has 3 nitrogen and oxygen atoms in total. The molecule has 0 bridgehead atoms. The fourth-order valence-electron chi connectivity index (χ4n) is 4.84. The van der Waals surface area contributed by atoms with Crippen molar-refractivity contribution in [2.24, 2.45) is 11.8 Å². The average molecular weight is 594 g/mol. The number of esters is 1. The lowest BCUT2D eigenvalue weighted by Crippen LogP contribution is -2.19. The van der Waals surface area contributed by atoms with Gasteiger partial charge in [0.2, 0.25) is 0 Å². The number of carbonyl (C=O) groups is 1. The average Bonchev–Trinajstić information content (AvgIpc) is 2.91. The van der Waals surface area contributed by atoms with E-state index in [2.05, 4.69) is 5.32 Å². The molecule has 0 aliphatic heterocycles. The Balaban J connectivity index is 2.15. The largest absolute Gasteiger partial charge is 0.466 e. The zero-order valence-electron chi connectivity index (χ0n) is 24.4. The van der Waals surface area contributed by atoms with Crippen LogP contribution in [0.1, 0.15) is 82.5 Å². The first-order chi connectivity index (χ1) is 19.7. The maximum Gasteiger partial charge on any atom is 0.416 e. The molecule has 0 radical (unpaired) electrons. The molecule has 228 valence electrons. The lowest BCUT2D eigenvalue weighted by Gasteiger charge is -2.24. The van der Waals surface area contributed by atoms with Gasteiger partial charge >= 0.3 is 12.1 Å². The van der Waals surface area contributed by atoms with Crippen molar-refractivity contribution in [3.63, 3.8) is 0 Å². The van der Waals surface area contributed by atoms with Gasteiger partial charge in [-0.1, -0.05) is 45.9 Å². The van der Waals surface area contributed by atoms with E-state index in [-0.39, 0.29) is 24.0 Å². The highest BCUT2D eigenvalue weighted by Gasteiger charge is 2.30. The van der Waals surface area contributed by atoms with E-state index in [1.54, 1.807) is 25.1 Å². The summed E-state index contributed by atoms with van der Waals surface area (Å²) >= 11 is 0. The minimum atomic E-state index is -4.50. The Bertz CT molecular complexity index is 1330. The van der Waals surface area contributed by atoms with Crippen LogP contribution in [0.4, 0.5) is 32.0 Å². The van der Waals surface area contributed by atoms with Gasteiger partial charge in [-0.05, 0) is 96.7 Å². The van der Waals surface area contributed by atoms with Gasteiger partial charge in [0, 0.05) is 5.69 Å². The highest BCUT2D eigenvalue weighted by Crippen LogP contribution is 2.36. The molecule has 3 aromatic carbocycles. The summed E-state index contributed by atoms with van der Waals surface area (Å²) in [6.07, 6.45) is -2.90. The van der Waals surface area contributed by atoms with E-state index in [9.17, 15) is 31.1 Å². The normalized spacial score (nSPS) is 13.4. The molecule has 9 heteroatoms. The first-order valence-electron chi connectivity index (χ1n) is 14.1. The first-order valence-corrected chi connectivity index (χ1v) is 14.1. The molecular weight excluding hydrogens is 556 g/mol. The van der Waals surface area contributed by atoms with E-state index < -0.39 is 47.1 Å². The molecular formula is C33H37F6NO2. The topological polar surface area (TPSA) is 38.3 Å². The Morgan fingerprint density at radius 3 is 1.95 bits per heavy atom. The molecule has 0 aromatic heterocycles. The lowest BCUT2D eigenvalue weighted by atomic mass is 9.87. The summed E-state index contributed by atoms with van der Waals surface area (Å²) in [6, 6.07) is 11.2. The van der Waals surface area contributed by atoms with Gasteiger partial charge in [0.25, 0.3) is 0 Å². The molecule has 2 atom stereocenters. The number of anilines is 1. The summed E-state index contributed by atoms with van der Waals surface area (Å²) in [5.74, 6) is -4.87. The standard InChI is InChI=1S/C33H37F6NO2/c1-6-42-32(41)27(13-20(4)5)23-14-22(21-8-10-25(11-9-21)33(37,38)39)15-26(16-23)40-30(12-7-19(2)3)24-17-28(34)31(36)29(35)18-24/h8-11,14-20,27,30,40H,6-7,12-13H2,1-5H3. The summed E-state index contributed by atoms with van der Waals surface area (Å²) in [7, 11) is 0. The number of hydrogen-bond acceptors (Lipinski definition) is 3. The molecule has 3 rings (SSSR count). The summed E-state index contributed by atoms with van der Waals surface area (Å²) in [5.41, 5.74) is 1.51. The van der Waals surface area contributed by atoms with Gasteiger partial charge in [0.05, 0.1) is 24.1 Å². The summed E-state index contributed by atoms with van der Waals surface area (Å²) < 4.78 is 87.2. The highest BCUT2D eigenvalue weighted by molar-refractivity contribution is 5.80. The van der Waals surface area contributed by atoms with Crippen molar-refractivity contribution in [3.05, 3.63) is 88.7 Å². The quantitative estimate of drug-likeness (QED) is 0.129. The van der Waals surface area contributed by atoms with Crippen molar-refractivity contribution >= 4 is 11.7 Å². The molecule has 42 heavy (non-hydrogen) atoms. The third-order valence-corrected chi connectivity index (χ3v) is 6.96. The molecule has 3 aromatic rings. The smallest absolute Gasteiger partial charge is 0.416 e. The second kappa shape index (κ2) is 14.1. The maximum atomic E-state index is 14.2. The molecule has 2 unspecified atom stereocenters. The van der Waals surface area contributed by atoms with E-state index in [0.717, 1.165) is 24.3 Å².